The Bertz CT molecular complexity index is 435. The third-order valence-corrected chi connectivity index (χ3v) is 3.24. The third kappa shape index (κ3) is 1.81. The van der Waals surface area contributed by atoms with Crippen LogP contribution in [0.5, 0.6) is 0 Å². The largest absolute Gasteiger partial charge is 0.399 e. The van der Waals surface area contributed by atoms with Crippen molar-refractivity contribution in [2.24, 2.45) is 0 Å². The number of carbonyl (C=O) groups is 1. The first-order valence-corrected chi connectivity index (χ1v) is 5.52. The number of nitrogens with two attached hydrogens (primary N) is 1. The molecule has 0 bridgehead atoms. The minimum Gasteiger partial charge on any atom is -0.399 e. The summed E-state index contributed by atoms with van der Waals surface area (Å²) in [6.45, 7) is 0. The zero-order valence-electron chi connectivity index (χ0n) is 9.20. The zero-order valence-corrected chi connectivity index (χ0v) is 9.20. The number of benzene rings is 1. The topological polar surface area (TPSA) is 43.1 Å². The molecule has 1 saturated carbocycles. The normalized spacial score (nSPS) is 16.4. The standard InChI is InChI=1S/C14H15NO/c1-2-3-4-13(16)14(9-10-14)11-5-7-12(15)8-6-11/h1,5-8H,3-4,9-10,15H2. The maximum absolute atomic E-state index is 12.0. The van der Waals surface area contributed by atoms with E-state index in [9.17, 15) is 4.79 Å². The van der Waals surface area contributed by atoms with Crippen LogP contribution in [0.2, 0.25) is 0 Å². The Hall–Kier alpha value is -1.75. The van der Waals surface area contributed by atoms with E-state index >= 15 is 0 Å². The molecular formula is C14H15NO. The second kappa shape index (κ2) is 4.02. The van der Waals surface area contributed by atoms with Crippen molar-refractivity contribution in [1.82, 2.24) is 0 Å². The Kier molecular flexibility index (Phi) is 2.70. The number of ketones is 1. The summed E-state index contributed by atoms with van der Waals surface area (Å²) >= 11 is 0. The van der Waals surface area contributed by atoms with E-state index in [2.05, 4.69) is 5.92 Å². The van der Waals surface area contributed by atoms with Gasteiger partial charge in [-0.15, -0.1) is 12.3 Å². The number of nitrogen functional groups attached to an aromatic ring is 1. The van der Waals surface area contributed by atoms with Crippen LogP contribution in [0.4, 0.5) is 5.69 Å². The van der Waals surface area contributed by atoms with Crippen LogP contribution >= 0.6 is 0 Å². The fraction of sp³-hybridized carbons (Fsp3) is 0.357. The molecule has 0 saturated heterocycles. The van der Waals surface area contributed by atoms with Gasteiger partial charge >= 0.3 is 0 Å². The molecule has 0 atom stereocenters. The van der Waals surface area contributed by atoms with Gasteiger partial charge in [-0.3, -0.25) is 4.79 Å². The number of carbonyl (C=O) groups excluding carboxylic acids is 1. The number of terminal acetylenes is 1. The van der Waals surface area contributed by atoms with E-state index in [1.54, 1.807) is 0 Å². The maximum Gasteiger partial charge on any atom is 0.144 e. The molecule has 1 aliphatic carbocycles. The Morgan fingerprint density at radius 2 is 2.00 bits per heavy atom. The number of hydrogen-bond donors (Lipinski definition) is 1. The predicted molar refractivity (Wildman–Crippen MR) is 64.8 cm³/mol. The van der Waals surface area contributed by atoms with E-state index in [4.69, 9.17) is 12.2 Å². The quantitative estimate of drug-likeness (QED) is 0.616. The molecular weight excluding hydrogens is 198 g/mol. The van der Waals surface area contributed by atoms with Crippen molar-refractivity contribution in [3.8, 4) is 12.3 Å². The van der Waals surface area contributed by atoms with Gasteiger partial charge in [-0.25, -0.2) is 0 Å². The van der Waals surface area contributed by atoms with Gasteiger partial charge in [0.05, 0.1) is 5.41 Å². The molecule has 0 heterocycles. The average molecular weight is 213 g/mol. The van der Waals surface area contributed by atoms with Gasteiger partial charge < -0.3 is 5.73 Å². The van der Waals surface area contributed by atoms with Crippen molar-refractivity contribution < 1.29 is 4.79 Å². The first kappa shape index (κ1) is 10.8. The summed E-state index contributed by atoms with van der Waals surface area (Å²) in [4.78, 5) is 12.0. The van der Waals surface area contributed by atoms with Crippen molar-refractivity contribution in [2.45, 2.75) is 31.1 Å². The van der Waals surface area contributed by atoms with Gasteiger partial charge in [0.15, 0.2) is 0 Å². The lowest BCUT2D eigenvalue weighted by molar-refractivity contribution is -0.121. The van der Waals surface area contributed by atoms with Crippen LogP contribution in [-0.2, 0) is 10.2 Å². The van der Waals surface area contributed by atoms with E-state index in [1.165, 1.54) is 0 Å². The highest BCUT2D eigenvalue weighted by molar-refractivity contribution is 5.93. The van der Waals surface area contributed by atoms with Crippen LogP contribution in [0.1, 0.15) is 31.2 Å². The summed E-state index contributed by atoms with van der Waals surface area (Å²) in [7, 11) is 0. The Morgan fingerprint density at radius 1 is 1.38 bits per heavy atom. The molecule has 82 valence electrons. The van der Waals surface area contributed by atoms with Crippen LogP contribution in [-0.4, -0.2) is 5.78 Å². The molecule has 1 aromatic rings. The molecule has 0 spiro atoms. The fourth-order valence-corrected chi connectivity index (χ4v) is 2.08. The second-order valence-corrected chi connectivity index (χ2v) is 4.33. The summed E-state index contributed by atoms with van der Waals surface area (Å²) in [5, 5.41) is 0. The number of hydrogen-bond acceptors (Lipinski definition) is 2. The van der Waals surface area contributed by atoms with Gasteiger partial charge in [0.2, 0.25) is 0 Å². The lowest BCUT2D eigenvalue weighted by Crippen LogP contribution is -2.20. The van der Waals surface area contributed by atoms with E-state index in [-0.39, 0.29) is 11.2 Å². The molecule has 2 rings (SSSR count). The van der Waals surface area contributed by atoms with Gasteiger partial charge in [-0.1, -0.05) is 12.1 Å². The van der Waals surface area contributed by atoms with Crippen molar-refractivity contribution in [3.63, 3.8) is 0 Å². The highest BCUT2D eigenvalue weighted by atomic mass is 16.1. The molecule has 1 aromatic carbocycles. The van der Waals surface area contributed by atoms with E-state index in [1.807, 2.05) is 24.3 Å². The molecule has 1 aliphatic rings. The lowest BCUT2D eigenvalue weighted by atomic mass is 9.89. The van der Waals surface area contributed by atoms with Crippen LogP contribution in [0.15, 0.2) is 24.3 Å². The molecule has 0 aromatic heterocycles. The monoisotopic (exact) mass is 213 g/mol. The molecule has 2 nitrogen and oxygen atoms in total. The molecule has 0 aliphatic heterocycles. The Balaban J connectivity index is 2.17. The summed E-state index contributed by atoms with van der Waals surface area (Å²) in [5.41, 5.74) is 7.21. The van der Waals surface area contributed by atoms with Crippen LogP contribution < -0.4 is 5.73 Å². The minimum absolute atomic E-state index is 0.245. The summed E-state index contributed by atoms with van der Waals surface area (Å²) in [6, 6.07) is 7.61. The molecule has 0 unspecified atom stereocenters. The van der Waals surface area contributed by atoms with Crippen LogP contribution in [0.3, 0.4) is 0 Å². The van der Waals surface area contributed by atoms with E-state index < -0.39 is 0 Å². The Labute approximate surface area is 95.8 Å². The fourth-order valence-electron chi connectivity index (χ4n) is 2.08. The van der Waals surface area contributed by atoms with Crippen molar-refractivity contribution in [3.05, 3.63) is 29.8 Å². The van der Waals surface area contributed by atoms with Gasteiger partial charge in [0.1, 0.15) is 5.78 Å². The summed E-state index contributed by atoms with van der Waals surface area (Å²) in [5.74, 6) is 2.79. The number of anilines is 1. The van der Waals surface area contributed by atoms with Crippen LogP contribution in [0, 0.1) is 12.3 Å². The van der Waals surface area contributed by atoms with Gasteiger partial charge in [-0.2, -0.15) is 0 Å². The van der Waals surface area contributed by atoms with Crippen molar-refractivity contribution >= 4 is 11.5 Å². The molecule has 0 amide bonds. The number of Topliss-reactive ketones (excluding diaryl/α,β-unsaturated/α-hetero) is 1. The highest BCUT2D eigenvalue weighted by Gasteiger charge is 2.49. The molecule has 0 radical (unpaired) electrons. The Morgan fingerprint density at radius 3 is 2.50 bits per heavy atom. The van der Waals surface area contributed by atoms with Crippen LogP contribution in [0.25, 0.3) is 0 Å². The van der Waals surface area contributed by atoms with Gasteiger partial charge in [0.25, 0.3) is 0 Å². The average Bonchev–Trinajstić information content (AvgIpc) is 3.08. The predicted octanol–water partition coefficient (Wildman–Crippen LogP) is 2.28. The van der Waals surface area contributed by atoms with Crippen molar-refractivity contribution in [2.75, 3.05) is 5.73 Å². The molecule has 2 heteroatoms. The smallest absolute Gasteiger partial charge is 0.144 e. The van der Waals surface area contributed by atoms with E-state index in [0.29, 0.717) is 12.8 Å². The highest BCUT2D eigenvalue weighted by Crippen LogP contribution is 2.49. The first-order valence-electron chi connectivity index (χ1n) is 5.52. The zero-order chi connectivity index (χ0) is 11.6. The first-order chi connectivity index (χ1) is 7.69. The second-order valence-electron chi connectivity index (χ2n) is 4.33. The molecule has 16 heavy (non-hydrogen) atoms. The van der Waals surface area contributed by atoms with Gasteiger partial charge in [0, 0.05) is 18.5 Å². The van der Waals surface area contributed by atoms with Crippen molar-refractivity contribution in [1.29, 1.82) is 0 Å². The molecule has 1 fully saturated rings. The minimum atomic E-state index is -0.245. The number of rotatable bonds is 4. The summed E-state index contributed by atoms with van der Waals surface area (Å²) < 4.78 is 0. The van der Waals surface area contributed by atoms with Gasteiger partial charge in [-0.05, 0) is 30.5 Å². The SMILES string of the molecule is C#CCCC(=O)C1(c2ccc(N)cc2)CC1. The summed E-state index contributed by atoms with van der Waals surface area (Å²) in [6.07, 6.45) is 8.09. The molecule has 2 N–H and O–H groups in total. The van der Waals surface area contributed by atoms with E-state index in [0.717, 1.165) is 24.1 Å². The maximum atomic E-state index is 12.0. The lowest BCUT2D eigenvalue weighted by Gasteiger charge is -2.13. The third-order valence-electron chi connectivity index (χ3n) is 3.24.